The molecule has 1 aromatic rings. The lowest BCUT2D eigenvalue weighted by molar-refractivity contribution is -0.139. The number of carbonyl (C=O) groups is 2. The first-order valence-electron chi connectivity index (χ1n) is 6.80. The lowest BCUT2D eigenvalue weighted by Crippen LogP contribution is -2.45. The first-order chi connectivity index (χ1) is 9.93. The van der Waals surface area contributed by atoms with Crippen molar-refractivity contribution in [3.8, 4) is 5.75 Å². The highest BCUT2D eigenvalue weighted by molar-refractivity contribution is 5.80. The number of ether oxygens (including phenoxy) is 2. The Hall–Kier alpha value is -2.24. The van der Waals surface area contributed by atoms with E-state index in [4.69, 9.17) is 4.74 Å². The standard InChI is InChI=1S/C15H22N2O4/c1-10(2)12-7-5-6-8-13(12)21-11(3)17-15(19)16-9-14(18)20-4/h5-8,10-11H,9H2,1-4H3,(H2,16,17,19). The zero-order chi connectivity index (χ0) is 15.8. The van der Waals surface area contributed by atoms with Crippen molar-refractivity contribution in [2.45, 2.75) is 32.9 Å². The van der Waals surface area contributed by atoms with Crippen LogP contribution in [0.4, 0.5) is 4.79 Å². The smallest absolute Gasteiger partial charge is 0.325 e. The third kappa shape index (κ3) is 5.72. The zero-order valence-electron chi connectivity index (χ0n) is 12.8. The van der Waals surface area contributed by atoms with Crippen molar-refractivity contribution >= 4 is 12.0 Å². The van der Waals surface area contributed by atoms with Crippen LogP contribution in [0, 0.1) is 0 Å². The van der Waals surface area contributed by atoms with E-state index in [2.05, 4.69) is 29.2 Å². The first kappa shape index (κ1) is 16.8. The Balaban J connectivity index is 2.52. The normalized spacial score (nSPS) is 11.7. The van der Waals surface area contributed by atoms with Crippen LogP contribution in [-0.4, -0.2) is 31.9 Å². The van der Waals surface area contributed by atoms with Gasteiger partial charge in [-0.1, -0.05) is 32.0 Å². The minimum Gasteiger partial charge on any atom is -0.471 e. The summed E-state index contributed by atoms with van der Waals surface area (Å²) in [6.07, 6.45) is -0.525. The number of hydrogen-bond donors (Lipinski definition) is 2. The van der Waals surface area contributed by atoms with E-state index in [1.54, 1.807) is 6.92 Å². The zero-order valence-corrected chi connectivity index (χ0v) is 12.8. The molecular weight excluding hydrogens is 272 g/mol. The Morgan fingerprint density at radius 1 is 1.19 bits per heavy atom. The molecule has 0 aromatic heterocycles. The molecule has 0 aliphatic carbocycles. The largest absolute Gasteiger partial charge is 0.471 e. The lowest BCUT2D eigenvalue weighted by atomic mass is 10.0. The van der Waals surface area contributed by atoms with Crippen LogP contribution in [0.2, 0.25) is 0 Å². The summed E-state index contributed by atoms with van der Waals surface area (Å²) in [7, 11) is 1.26. The van der Waals surface area contributed by atoms with E-state index in [1.807, 2.05) is 24.3 Å². The van der Waals surface area contributed by atoms with Gasteiger partial charge >= 0.3 is 12.0 Å². The second-order valence-electron chi connectivity index (χ2n) is 4.86. The first-order valence-corrected chi connectivity index (χ1v) is 6.80. The van der Waals surface area contributed by atoms with Crippen LogP contribution in [0.25, 0.3) is 0 Å². The van der Waals surface area contributed by atoms with Gasteiger partial charge in [0.1, 0.15) is 12.3 Å². The molecule has 0 saturated carbocycles. The van der Waals surface area contributed by atoms with Gasteiger partial charge in [0, 0.05) is 0 Å². The number of methoxy groups -OCH3 is 1. The summed E-state index contributed by atoms with van der Waals surface area (Å²) in [6, 6.07) is 7.19. The number of rotatable bonds is 6. The van der Waals surface area contributed by atoms with Gasteiger partial charge in [-0.15, -0.1) is 0 Å². The lowest BCUT2D eigenvalue weighted by Gasteiger charge is -2.20. The van der Waals surface area contributed by atoms with Gasteiger partial charge in [-0.25, -0.2) is 4.79 Å². The predicted molar refractivity (Wildman–Crippen MR) is 79.2 cm³/mol. The molecule has 0 bridgehead atoms. The Kier molecular flexibility index (Phi) is 6.52. The van der Waals surface area contributed by atoms with Crippen LogP contribution in [0.3, 0.4) is 0 Å². The molecule has 21 heavy (non-hydrogen) atoms. The summed E-state index contributed by atoms with van der Waals surface area (Å²) in [4.78, 5) is 22.5. The maximum Gasteiger partial charge on any atom is 0.325 e. The fourth-order valence-corrected chi connectivity index (χ4v) is 1.75. The van der Waals surface area contributed by atoms with Crippen LogP contribution in [0.15, 0.2) is 24.3 Å². The van der Waals surface area contributed by atoms with Crippen molar-refractivity contribution in [3.05, 3.63) is 29.8 Å². The van der Waals surface area contributed by atoms with Crippen LogP contribution in [0.1, 0.15) is 32.3 Å². The highest BCUT2D eigenvalue weighted by atomic mass is 16.5. The number of nitrogens with one attached hydrogen (secondary N) is 2. The number of urea groups is 1. The quantitative estimate of drug-likeness (QED) is 0.621. The third-order valence-corrected chi connectivity index (χ3v) is 2.80. The molecule has 6 nitrogen and oxygen atoms in total. The van der Waals surface area contributed by atoms with E-state index in [0.717, 1.165) is 11.3 Å². The Labute approximate surface area is 124 Å². The Morgan fingerprint density at radius 3 is 2.48 bits per heavy atom. The summed E-state index contributed by atoms with van der Waals surface area (Å²) in [5.41, 5.74) is 1.07. The van der Waals surface area contributed by atoms with Gasteiger partial charge in [0.05, 0.1) is 7.11 Å². The van der Waals surface area contributed by atoms with Crippen molar-refractivity contribution in [2.75, 3.05) is 13.7 Å². The number of carbonyl (C=O) groups excluding carboxylic acids is 2. The molecule has 1 atom stereocenters. The molecule has 1 aromatic carbocycles. The van der Waals surface area contributed by atoms with E-state index in [1.165, 1.54) is 7.11 Å². The maximum atomic E-state index is 11.6. The molecule has 0 aliphatic rings. The van der Waals surface area contributed by atoms with Crippen molar-refractivity contribution in [1.29, 1.82) is 0 Å². The average Bonchev–Trinajstić information content (AvgIpc) is 2.44. The van der Waals surface area contributed by atoms with Crippen molar-refractivity contribution < 1.29 is 19.1 Å². The molecule has 2 N–H and O–H groups in total. The van der Waals surface area contributed by atoms with E-state index < -0.39 is 18.2 Å². The number of esters is 1. The summed E-state index contributed by atoms with van der Waals surface area (Å²) < 4.78 is 10.2. The summed E-state index contributed by atoms with van der Waals surface area (Å²) in [6.45, 7) is 5.68. The second kappa shape index (κ2) is 8.14. The van der Waals surface area contributed by atoms with E-state index in [9.17, 15) is 9.59 Å². The van der Waals surface area contributed by atoms with Gasteiger partial charge in [0.15, 0.2) is 6.23 Å². The number of para-hydroxylation sites is 1. The van der Waals surface area contributed by atoms with Crippen LogP contribution >= 0.6 is 0 Å². The Bertz CT molecular complexity index is 488. The number of hydrogen-bond acceptors (Lipinski definition) is 4. The van der Waals surface area contributed by atoms with Crippen molar-refractivity contribution in [1.82, 2.24) is 10.6 Å². The van der Waals surface area contributed by atoms with Crippen LogP contribution < -0.4 is 15.4 Å². The van der Waals surface area contributed by atoms with Gasteiger partial charge in [0.2, 0.25) is 0 Å². The topological polar surface area (TPSA) is 76.7 Å². The molecule has 0 spiro atoms. The number of benzene rings is 1. The van der Waals surface area contributed by atoms with Gasteiger partial charge < -0.3 is 20.1 Å². The monoisotopic (exact) mass is 294 g/mol. The van der Waals surface area contributed by atoms with Crippen molar-refractivity contribution in [2.24, 2.45) is 0 Å². The minimum absolute atomic E-state index is 0.183. The van der Waals surface area contributed by atoms with E-state index in [-0.39, 0.29) is 6.54 Å². The molecule has 2 amide bonds. The maximum absolute atomic E-state index is 11.6. The molecule has 116 valence electrons. The number of amides is 2. The Morgan fingerprint density at radius 2 is 1.86 bits per heavy atom. The molecule has 0 radical (unpaired) electrons. The van der Waals surface area contributed by atoms with E-state index >= 15 is 0 Å². The second-order valence-corrected chi connectivity index (χ2v) is 4.86. The van der Waals surface area contributed by atoms with Crippen LogP contribution in [0.5, 0.6) is 5.75 Å². The molecule has 0 saturated heterocycles. The van der Waals surface area contributed by atoms with Gasteiger partial charge in [0.25, 0.3) is 0 Å². The average molecular weight is 294 g/mol. The molecular formula is C15H22N2O4. The molecule has 1 rings (SSSR count). The molecule has 0 fully saturated rings. The third-order valence-electron chi connectivity index (χ3n) is 2.80. The van der Waals surface area contributed by atoms with E-state index in [0.29, 0.717) is 5.92 Å². The predicted octanol–water partition coefficient (Wildman–Crippen LogP) is 2.01. The highest BCUT2D eigenvalue weighted by Gasteiger charge is 2.13. The minimum atomic E-state index is -0.525. The fourth-order valence-electron chi connectivity index (χ4n) is 1.75. The molecule has 0 aliphatic heterocycles. The van der Waals surface area contributed by atoms with Crippen molar-refractivity contribution in [3.63, 3.8) is 0 Å². The summed E-state index contributed by atoms with van der Waals surface area (Å²) in [5.74, 6) is 0.540. The van der Waals surface area contributed by atoms with Crippen LogP contribution in [-0.2, 0) is 9.53 Å². The SMILES string of the molecule is COC(=O)CNC(=O)NC(C)Oc1ccccc1C(C)C. The van der Waals surface area contributed by atoms with Gasteiger partial charge in [-0.05, 0) is 24.5 Å². The fraction of sp³-hybridized carbons (Fsp3) is 0.467. The van der Waals surface area contributed by atoms with Gasteiger partial charge in [-0.3, -0.25) is 4.79 Å². The highest BCUT2D eigenvalue weighted by Crippen LogP contribution is 2.26. The molecule has 6 heteroatoms. The summed E-state index contributed by atoms with van der Waals surface area (Å²) in [5, 5.41) is 4.98. The van der Waals surface area contributed by atoms with Gasteiger partial charge in [-0.2, -0.15) is 0 Å². The summed E-state index contributed by atoms with van der Waals surface area (Å²) >= 11 is 0. The molecule has 1 unspecified atom stereocenters. The molecule has 0 heterocycles.